The number of aromatic nitrogens is 5. The van der Waals surface area contributed by atoms with E-state index in [1.807, 2.05) is 42.5 Å². The predicted molar refractivity (Wildman–Crippen MR) is 113 cm³/mol. The van der Waals surface area contributed by atoms with Crippen molar-refractivity contribution in [1.29, 1.82) is 5.26 Å². The van der Waals surface area contributed by atoms with Gasteiger partial charge in [-0.15, -0.1) is 42.0 Å². The van der Waals surface area contributed by atoms with E-state index in [2.05, 4.69) is 27.3 Å². The Hall–Kier alpha value is -3.99. The van der Waals surface area contributed by atoms with E-state index in [0.717, 1.165) is 17.3 Å². The summed E-state index contributed by atoms with van der Waals surface area (Å²) in [7, 11) is 0. The Labute approximate surface area is 203 Å². The molecular formula is C24H15F2IrN6. The van der Waals surface area contributed by atoms with Crippen molar-refractivity contribution in [3.8, 4) is 22.6 Å². The minimum absolute atomic E-state index is 0. The second kappa shape index (κ2) is 12.8. The van der Waals surface area contributed by atoms with Gasteiger partial charge in [-0.1, -0.05) is 18.2 Å². The van der Waals surface area contributed by atoms with Crippen LogP contribution in [0.15, 0.2) is 91.6 Å². The summed E-state index contributed by atoms with van der Waals surface area (Å²) >= 11 is 0. The molecule has 0 saturated heterocycles. The topological polar surface area (TPSA) is 72.3 Å². The first kappa shape index (κ1) is 25.3. The van der Waals surface area contributed by atoms with Crippen LogP contribution in [0.25, 0.3) is 22.6 Å². The van der Waals surface area contributed by atoms with Crippen LogP contribution in [0.3, 0.4) is 0 Å². The molecule has 0 aliphatic rings. The SMILES string of the molecule is Fc1cc(F)c(-n2cccn2)[c-]c1-n1cccn1.[C-]#N.[Ir+3].[c-]1ccccc1-c1ccccn1. The number of hydrogen-bond donors (Lipinski definition) is 0. The molecule has 3 aromatic heterocycles. The average Bonchev–Trinajstić information content (AvgIpc) is 3.57. The van der Waals surface area contributed by atoms with E-state index in [0.29, 0.717) is 0 Å². The zero-order valence-corrected chi connectivity index (χ0v) is 19.3. The minimum atomic E-state index is -0.730. The minimum Gasteiger partial charge on any atom is -0.512 e. The second-order valence-corrected chi connectivity index (χ2v) is 6.05. The van der Waals surface area contributed by atoms with Crippen molar-refractivity contribution in [3.63, 3.8) is 0 Å². The van der Waals surface area contributed by atoms with Crippen molar-refractivity contribution in [1.82, 2.24) is 24.5 Å². The predicted octanol–water partition coefficient (Wildman–Crippen LogP) is 4.78. The Balaban J connectivity index is 0.000000225. The quantitative estimate of drug-likeness (QED) is 0.274. The molecule has 5 rings (SSSR count). The molecule has 6 nitrogen and oxygen atoms in total. The van der Waals surface area contributed by atoms with E-state index in [4.69, 9.17) is 11.8 Å². The maximum Gasteiger partial charge on any atom is 3.00 e. The maximum atomic E-state index is 13.7. The third kappa shape index (κ3) is 6.50. The van der Waals surface area contributed by atoms with E-state index in [-0.39, 0.29) is 31.5 Å². The Morgan fingerprint density at radius 1 is 0.788 bits per heavy atom. The third-order valence-corrected chi connectivity index (χ3v) is 4.06. The van der Waals surface area contributed by atoms with Gasteiger partial charge in [0.05, 0.1) is 0 Å². The summed E-state index contributed by atoms with van der Waals surface area (Å²) in [5, 5.41) is 14.0. The molecule has 33 heavy (non-hydrogen) atoms. The number of rotatable bonds is 3. The van der Waals surface area contributed by atoms with Crippen molar-refractivity contribution in [2.75, 3.05) is 0 Å². The summed E-state index contributed by atoms with van der Waals surface area (Å²) in [6.45, 7) is 4.75. The Kier molecular flexibility index (Phi) is 9.78. The number of halogens is 2. The van der Waals surface area contributed by atoms with Gasteiger partial charge in [-0.2, -0.15) is 10.2 Å². The van der Waals surface area contributed by atoms with Crippen LogP contribution >= 0.6 is 0 Å². The molecule has 0 spiro atoms. The second-order valence-electron chi connectivity index (χ2n) is 6.05. The monoisotopic (exact) mass is 618 g/mol. The Morgan fingerprint density at radius 3 is 1.85 bits per heavy atom. The molecule has 9 heteroatoms. The van der Waals surface area contributed by atoms with Gasteiger partial charge in [0.25, 0.3) is 0 Å². The molecule has 0 aliphatic carbocycles. The fourth-order valence-corrected chi connectivity index (χ4v) is 2.69. The fourth-order valence-electron chi connectivity index (χ4n) is 2.69. The molecule has 5 aromatic rings. The molecule has 164 valence electrons. The molecular weight excluding hydrogens is 603 g/mol. The molecule has 2 aromatic carbocycles. The molecule has 0 radical (unpaired) electrons. The van der Waals surface area contributed by atoms with Gasteiger partial charge in [0.15, 0.2) is 0 Å². The Morgan fingerprint density at radius 2 is 1.39 bits per heavy atom. The van der Waals surface area contributed by atoms with Crippen LogP contribution < -0.4 is 0 Å². The standard InChI is InChI=1S/C12H7F2N4.C11H8N.CN.Ir/c13-9-7-10(14)12(18-6-2-4-16-18)8-11(9)17-5-1-3-15-17;1-2-6-10(7-3-1)11-8-4-5-9-12-11;1-2;/h1-7H;1-6,8-9H;;/q3*-1;+3. The normalized spacial score (nSPS) is 9.45. The molecule has 0 amide bonds. The van der Waals surface area contributed by atoms with Gasteiger partial charge in [-0.25, -0.2) is 0 Å². The molecule has 0 unspecified atom stereocenters. The first-order valence-corrected chi connectivity index (χ1v) is 9.24. The fraction of sp³-hybridized carbons (Fsp3) is 0. The van der Waals surface area contributed by atoms with Crippen LogP contribution in [-0.2, 0) is 20.1 Å². The zero-order chi connectivity index (χ0) is 22.8. The number of pyridine rings is 1. The van der Waals surface area contributed by atoms with Crippen molar-refractivity contribution in [2.24, 2.45) is 0 Å². The molecule has 0 fully saturated rings. The summed E-state index contributed by atoms with van der Waals surface area (Å²) in [6, 6.07) is 23.5. The molecule has 0 N–H and O–H groups in total. The van der Waals surface area contributed by atoms with E-state index < -0.39 is 11.6 Å². The molecule has 3 heterocycles. The van der Waals surface area contributed by atoms with Gasteiger partial charge < -0.3 is 16.8 Å². The van der Waals surface area contributed by atoms with Crippen LogP contribution in [0.1, 0.15) is 0 Å². The first-order valence-electron chi connectivity index (χ1n) is 9.24. The molecule has 0 saturated carbocycles. The van der Waals surface area contributed by atoms with Crippen LogP contribution in [0.5, 0.6) is 0 Å². The van der Waals surface area contributed by atoms with E-state index >= 15 is 0 Å². The largest absolute Gasteiger partial charge is 3.00 e. The van der Waals surface area contributed by atoms with Gasteiger partial charge in [0, 0.05) is 42.6 Å². The first-order chi connectivity index (χ1) is 15.7. The third-order valence-electron chi connectivity index (χ3n) is 4.06. The van der Waals surface area contributed by atoms with Crippen molar-refractivity contribution in [2.45, 2.75) is 0 Å². The average molecular weight is 618 g/mol. The smallest absolute Gasteiger partial charge is 0.512 e. The van der Waals surface area contributed by atoms with Crippen molar-refractivity contribution in [3.05, 3.63) is 122 Å². The van der Waals surface area contributed by atoms with E-state index in [1.54, 1.807) is 30.7 Å². The van der Waals surface area contributed by atoms with Gasteiger partial charge in [0.2, 0.25) is 0 Å². The van der Waals surface area contributed by atoms with Gasteiger partial charge in [-0.05, 0) is 35.3 Å². The van der Waals surface area contributed by atoms with E-state index in [9.17, 15) is 8.78 Å². The summed E-state index contributed by atoms with van der Waals surface area (Å²) in [5.41, 5.74) is 2.11. The van der Waals surface area contributed by atoms with Crippen LogP contribution in [0, 0.1) is 35.6 Å². The summed E-state index contributed by atoms with van der Waals surface area (Å²) in [5.74, 6) is -1.46. The molecule has 0 bridgehead atoms. The maximum absolute atomic E-state index is 13.7. The van der Waals surface area contributed by atoms with Gasteiger partial charge in [-0.3, -0.25) is 18.1 Å². The zero-order valence-electron chi connectivity index (χ0n) is 16.9. The number of hydrogen-bond acceptors (Lipinski definition) is 4. The summed E-state index contributed by atoms with van der Waals surface area (Å²) in [6.07, 6.45) is 7.91. The van der Waals surface area contributed by atoms with Crippen molar-refractivity contribution < 1.29 is 28.9 Å². The summed E-state index contributed by atoms with van der Waals surface area (Å²) in [4.78, 5) is 4.22. The molecule has 0 aliphatic heterocycles. The summed E-state index contributed by atoms with van der Waals surface area (Å²) < 4.78 is 29.9. The van der Waals surface area contributed by atoms with Crippen molar-refractivity contribution >= 4 is 0 Å². The molecule has 0 atom stereocenters. The van der Waals surface area contributed by atoms with Crippen LogP contribution in [-0.4, -0.2) is 24.5 Å². The van der Waals surface area contributed by atoms with Crippen LogP contribution in [0.4, 0.5) is 8.78 Å². The van der Waals surface area contributed by atoms with Gasteiger partial charge >= 0.3 is 20.1 Å². The Bertz CT molecular complexity index is 1150. The number of nitrogens with zero attached hydrogens (tertiary/aromatic N) is 6. The van der Waals surface area contributed by atoms with Gasteiger partial charge in [0.1, 0.15) is 0 Å². The number of benzene rings is 2. The van der Waals surface area contributed by atoms with E-state index in [1.165, 1.54) is 21.8 Å². The van der Waals surface area contributed by atoms with Crippen LogP contribution in [0.2, 0.25) is 0 Å².